The Morgan fingerprint density at radius 2 is 1.60 bits per heavy atom. The standard InChI is InChI=1S/C21H22N4O3S2/c1-15-14-16(2)23-21(22-15)25-30(27,28)19-10-8-17(9-11-19)24-20(26)12-13-29-18-6-4-3-5-7-18/h3-11,14H,12-13H2,1-2H3,(H,24,26)(H,22,23,25). The van der Waals surface area contributed by atoms with Crippen molar-refractivity contribution < 1.29 is 13.2 Å². The van der Waals surface area contributed by atoms with Gasteiger partial charge in [-0.1, -0.05) is 18.2 Å². The van der Waals surface area contributed by atoms with Gasteiger partial charge in [-0.15, -0.1) is 11.8 Å². The molecule has 1 amide bonds. The molecule has 0 radical (unpaired) electrons. The molecule has 0 saturated heterocycles. The zero-order valence-corrected chi connectivity index (χ0v) is 18.3. The Hall–Kier alpha value is -2.91. The lowest BCUT2D eigenvalue weighted by Gasteiger charge is -2.09. The topological polar surface area (TPSA) is 101 Å². The molecule has 7 nitrogen and oxygen atoms in total. The first-order chi connectivity index (χ1) is 14.3. The van der Waals surface area contributed by atoms with Crippen LogP contribution in [-0.2, 0) is 14.8 Å². The van der Waals surface area contributed by atoms with Crippen molar-refractivity contribution in [3.8, 4) is 0 Å². The highest BCUT2D eigenvalue weighted by atomic mass is 32.2. The Morgan fingerprint density at radius 1 is 0.967 bits per heavy atom. The number of hydrogen-bond donors (Lipinski definition) is 2. The molecule has 0 aliphatic heterocycles. The van der Waals surface area contributed by atoms with E-state index >= 15 is 0 Å². The number of aromatic nitrogens is 2. The van der Waals surface area contributed by atoms with E-state index in [4.69, 9.17) is 0 Å². The molecule has 1 aromatic heterocycles. The largest absolute Gasteiger partial charge is 0.326 e. The molecular weight excluding hydrogens is 420 g/mol. The smallest absolute Gasteiger partial charge is 0.264 e. The Balaban J connectivity index is 1.56. The van der Waals surface area contributed by atoms with Gasteiger partial charge in [-0.2, -0.15) is 0 Å². The molecule has 9 heteroatoms. The van der Waals surface area contributed by atoms with Crippen molar-refractivity contribution in [3.63, 3.8) is 0 Å². The zero-order chi connectivity index (χ0) is 21.6. The Morgan fingerprint density at radius 3 is 2.23 bits per heavy atom. The van der Waals surface area contributed by atoms with E-state index < -0.39 is 10.0 Å². The maximum absolute atomic E-state index is 12.6. The summed E-state index contributed by atoms with van der Waals surface area (Å²) in [5, 5.41) is 2.78. The minimum atomic E-state index is -3.83. The van der Waals surface area contributed by atoms with Gasteiger partial charge in [-0.3, -0.25) is 4.79 Å². The van der Waals surface area contributed by atoms with Crippen molar-refractivity contribution in [2.24, 2.45) is 0 Å². The van der Waals surface area contributed by atoms with E-state index in [1.165, 1.54) is 12.1 Å². The highest BCUT2D eigenvalue weighted by Crippen LogP contribution is 2.19. The van der Waals surface area contributed by atoms with Gasteiger partial charge in [0, 0.05) is 34.1 Å². The van der Waals surface area contributed by atoms with E-state index in [1.54, 1.807) is 43.8 Å². The SMILES string of the molecule is Cc1cc(C)nc(NS(=O)(=O)c2ccc(NC(=O)CCSc3ccccc3)cc2)n1. The predicted molar refractivity (Wildman–Crippen MR) is 119 cm³/mol. The molecular formula is C21H22N4O3S2. The van der Waals surface area contributed by atoms with Crippen LogP contribution in [0.3, 0.4) is 0 Å². The Kier molecular flexibility index (Phi) is 7.07. The van der Waals surface area contributed by atoms with Crippen LogP contribution in [0.25, 0.3) is 0 Å². The van der Waals surface area contributed by atoms with E-state index in [9.17, 15) is 13.2 Å². The third kappa shape index (κ3) is 6.30. The lowest BCUT2D eigenvalue weighted by atomic mass is 10.3. The molecule has 0 aliphatic carbocycles. The monoisotopic (exact) mass is 442 g/mol. The van der Waals surface area contributed by atoms with E-state index in [0.29, 0.717) is 29.2 Å². The first-order valence-electron chi connectivity index (χ1n) is 9.25. The fourth-order valence-electron chi connectivity index (χ4n) is 2.67. The van der Waals surface area contributed by atoms with E-state index in [0.717, 1.165) is 4.90 Å². The first kappa shape index (κ1) is 21.8. The van der Waals surface area contributed by atoms with Crippen molar-refractivity contribution in [1.82, 2.24) is 9.97 Å². The molecule has 0 fully saturated rings. The van der Waals surface area contributed by atoms with Crippen LogP contribution in [0, 0.1) is 13.8 Å². The van der Waals surface area contributed by atoms with Crippen LogP contribution in [-0.4, -0.2) is 30.0 Å². The molecule has 3 aromatic rings. The molecule has 2 aromatic carbocycles. The number of nitrogens with one attached hydrogen (secondary N) is 2. The molecule has 1 heterocycles. The van der Waals surface area contributed by atoms with Crippen molar-refractivity contribution >= 4 is 39.3 Å². The van der Waals surface area contributed by atoms with Crippen molar-refractivity contribution in [2.75, 3.05) is 15.8 Å². The second kappa shape index (κ2) is 9.73. The van der Waals surface area contributed by atoms with E-state index in [1.807, 2.05) is 30.3 Å². The quantitative estimate of drug-likeness (QED) is 0.511. The lowest BCUT2D eigenvalue weighted by molar-refractivity contribution is -0.115. The van der Waals surface area contributed by atoms with Gasteiger partial charge in [-0.05, 0) is 56.3 Å². The summed E-state index contributed by atoms with van der Waals surface area (Å²) < 4.78 is 27.5. The Labute approximate surface area is 180 Å². The van der Waals surface area contributed by atoms with Gasteiger partial charge in [0.2, 0.25) is 11.9 Å². The molecule has 0 saturated carbocycles. The van der Waals surface area contributed by atoms with E-state index in [2.05, 4.69) is 20.0 Å². The summed E-state index contributed by atoms with van der Waals surface area (Å²) in [5.74, 6) is 0.555. The van der Waals surface area contributed by atoms with Crippen LogP contribution < -0.4 is 10.0 Å². The predicted octanol–water partition coefficient (Wildman–Crippen LogP) is 4.02. The number of thioether (sulfide) groups is 1. The first-order valence-corrected chi connectivity index (χ1v) is 11.7. The van der Waals surface area contributed by atoms with Gasteiger partial charge in [0.05, 0.1) is 4.90 Å². The van der Waals surface area contributed by atoms with Crippen molar-refractivity contribution in [2.45, 2.75) is 30.1 Å². The highest BCUT2D eigenvalue weighted by molar-refractivity contribution is 7.99. The number of anilines is 2. The minimum absolute atomic E-state index is 0.0285. The van der Waals surface area contributed by atoms with Gasteiger partial charge in [-0.25, -0.2) is 23.1 Å². The molecule has 0 bridgehead atoms. The summed E-state index contributed by atoms with van der Waals surface area (Å²) in [4.78, 5) is 21.5. The summed E-state index contributed by atoms with van der Waals surface area (Å²) in [5.41, 5.74) is 1.87. The zero-order valence-electron chi connectivity index (χ0n) is 16.6. The molecule has 156 valence electrons. The number of benzene rings is 2. The van der Waals surface area contributed by atoms with Crippen LogP contribution in [0.5, 0.6) is 0 Å². The summed E-state index contributed by atoms with van der Waals surface area (Å²) in [7, 11) is -3.83. The molecule has 30 heavy (non-hydrogen) atoms. The molecule has 3 rings (SSSR count). The summed E-state index contributed by atoms with van der Waals surface area (Å²) in [6.07, 6.45) is 0.352. The van der Waals surface area contributed by atoms with Gasteiger partial charge >= 0.3 is 0 Å². The molecule has 2 N–H and O–H groups in total. The van der Waals surface area contributed by atoms with Gasteiger partial charge < -0.3 is 5.32 Å². The normalized spacial score (nSPS) is 11.1. The number of aryl methyl sites for hydroxylation is 2. The molecule has 0 aliphatic rings. The van der Waals surface area contributed by atoms with Gasteiger partial charge in [0.15, 0.2) is 0 Å². The molecule has 0 spiro atoms. The number of sulfonamides is 1. The Bertz CT molecular complexity index is 1100. The third-order valence-electron chi connectivity index (χ3n) is 4.00. The second-order valence-corrected chi connectivity index (χ2v) is 9.41. The van der Waals surface area contributed by atoms with Gasteiger partial charge in [0.1, 0.15) is 0 Å². The highest BCUT2D eigenvalue weighted by Gasteiger charge is 2.16. The van der Waals surface area contributed by atoms with Crippen LogP contribution in [0.2, 0.25) is 0 Å². The summed E-state index contributed by atoms with van der Waals surface area (Å²) in [6, 6.07) is 17.6. The van der Waals surface area contributed by atoms with Crippen LogP contribution in [0.15, 0.2) is 70.5 Å². The average Bonchev–Trinajstić information content (AvgIpc) is 2.68. The van der Waals surface area contributed by atoms with Crippen LogP contribution in [0.1, 0.15) is 17.8 Å². The van der Waals surface area contributed by atoms with Crippen LogP contribution >= 0.6 is 11.8 Å². The number of rotatable bonds is 8. The second-order valence-electron chi connectivity index (χ2n) is 6.56. The number of hydrogen-bond acceptors (Lipinski definition) is 6. The average molecular weight is 443 g/mol. The summed E-state index contributed by atoms with van der Waals surface area (Å²) >= 11 is 1.61. The van der Waals surface area contributed by atoms with Crippen LogP contribution in [0.4, 0.5) is 11.6 Å². The van der Waals surface area contributed by atoms with Gasteiger partial charge in [0.25, 0.3) is 10.0 Å². The number of carbonyl (C=O) groups excluding carboxylic acids is 1. The fraction of sp³-hybridized carbons (Fsp3) is 0.190. The maximum Gasteiger partial charge on any atom is 0.264 e. The molecule has 0 unspecified atom stereocenters. The fourth-order valence-corrected chi connectivity index (χ4v) is 4.49. The van der Waals surface area contributed by atoms with Crippen molar-refractivity contribution in [1.29, 1.82) is 0 Å². The summed E-state index contributed by atoms with van der Waals surface area (Å²) in [6.45, 7) is 3.53. The molecule has 0 atom stereocenters. The number of nitrogens with zero attached hydrogens (tertiary/aromatic N) is 2. The maximum atomic E-state index is 12.6. The lowest BCUT2D eigenvalue weighted by Crippen LogP contribution is -2.16. The number of amides is 1. The van der Waals surface area contributed by atoms with E-state index in [-0.39, 0.29) is 16.8 Å². The number of carbonyl (C=O) groups is 1. The third-order valence-corrected chi connectivity index (χ3v) is 6.36. The minimum Gasteiger partial charge on any atom is -0.326 e. The van der Waals surface area contributed by atoms with Crippen molar-refractivity contribution in [3.05, 3.63) is 72.1 Å².